The van der Waals surface area contributed by atoms with Gasteiger partial charge in [-0.05, 0) is 66.5 Å². The second-order valence-electron chi connectivity index (χ2n) is 5.16. The summed E-state index contributed by atoms with van der Waals surface area (Å²) < 4.78 is 8.81. The molecule has 0 spiro atoms. The van der Waals surface area contributed by atoms with E-state index in [1.54, 1.807) is 0 Å². The Bertz CT molecular complexity index is 590. The summed E-state index contributed by atoms with van der Waals surface area (Å²) in [4.78, 5) is 4.49. The normalized spacial score (nSPS) is 18.8. The number of fused-ring (bicyclic) bond motifs is 1. The first-order valence-corrected chi connectivity index (χ1v) is 7.75. The Kier molecular flexibility index (Phi) is 3.66. The van der Waals surface area contributed by atoms with Crippen molar-refractivity contribution in [2.75, 3.05) is 18.9 Å². The number of nitrogen functional groups attached to an aromatic ring is 1. The Morgan fingerprint density at radius 1 is 1.42 bits per heavy atom. The fourth-order valence-electron chi connectivity index (χ4n) is 2.93. The lowest BCUT2D eigenvalue weighted by Crippen LogP contribution is -2.24. The van der Waals surface area contributed by atoms with Gasteiger partial charge in [0.05, 0.1) is 11.0 Å². The lowest BCUT2D eigenvalue weighted by molar-refractivity contribution is 0.0521. The molecule has 2 aromatic rings. The van der Waals surface area contributed by atoms with Crippen molar-refractivity contribution in [2.24, 2.45) is 5.92 Å². The first-order chi connectivity index (χ1) is 9.16. The standard InChI is InChI=1S/C14H18IN3O/c1-9(10-4-6-19-7-5-10)18-13-3-2-11(15)8-12(13)17-14(18)16/h2-3,8-10H,4-7H2,1H3,(H2,16,17). The number of anilines is 1. The number of aromatic nitrogens is 2. The number of halogens is 1. The molecule has 2 heterocycles. The molecule has 102 valence electrons. The lowest BCUT2D eigenvalue weighted by Gasteiger charge is -2.29. The SMILES string of the molecule is CC(C1CCOCC1)n1c(N)nc2cc(I)ccc21. The summed E-state index contributed by atoms with van der Waals surface area (Å²) in [6.07, 6.45) is 2.20. The summed E-state index contributed by atoms with van der Waals surface area (Å²) in [5, 5.41) is 0. The third-order valence-corrected chi connectivity index (χ3v) is 4.71. The predicted octanol–water partition coefficient (Wildman–Crippen LogP) is 3.21. The molecule has 19 heavy (non-hydrogen) atoms. The summed E-state index contributed by atoms with van der Waals surface area (Å²) in [5.41, 5.74) is 8.25. The number of imidazole rings is 1. The molecule has 0 aliphatic carbocycles. The molecule has 0 amide bonds. The number of nitrogens with two attached hydrogens (primary N) is 1. The number of nitrogens with zero attached hydrogens (tertiary/aromatic N) is 2. The summed E-state index contributed by atoms with van der Waals surface area (Å²) in [6, 6.07) is 6.68. The first kappa shape index (κ1) is 13.2. The van der Waals surface area contributed by atoms with Gasteiger partial charge in [0.1, 0.15) is 0 Å². The Balaban J connectivity index is 2.01. The minimum absolute atomic E-state index is 0.369. The van der Waals surface area contributed by atoms with Crippen LogP contribution in [0.4, 0.5) is 5.95 Å². The third-order valence-electron chi connectivity index (χ3n) is 4.03. The van der Waals surface area contributed by atoms with Crippen LogP contribution in [0.15, 0.2) is 18.2 Å². The highest BCUT2D eigenvalue weighted by Crippen LogP contribution is 2.32. The molecular weight excluding hydrogens is 353 g/mol. The van der Waals surface area contributed by atoms with E-state index in [4.69, 9.17) is 10.5 Å². The molecule has 1 aliphatic heterocycles. The monoisotopic (exact) mass is 371 g/mol. The van der Waals surface area contributed by atoms with Gasteiger partial charge >= 0.3 is 0 Å². The number of hydrogen-bond donors (Lipinski definition) is 1. The van der Waals surface area contributed by atoms with Crippen molar-refractivity contribution in [1.29, 1.82) is 0 Å². The molecule has 0 saturated carbocycles. The van der Waals surface area contributed by atoms with Gasteiger partial charge in [-0.1, -0.05) is 0 Å². The molecule has 3 rings (SSSR count). The summed E-state index contributed by atoms with van der Waals surface area (Å²) in [6.45, 7) is 3.96. The molecule has 0 bridgehead atoms. The van der Waals surface area contributed by atoms with Crippen LogP contribution < -0.4 is 5.73 Å². The Morgan fingerprint density at radius 3 is 2.89 bits per heavy atom. The molecule has 4 nitrogen and oxygen atoms in total. The highest BCUT2D eigenvalue weighted by Gasteiger charge is 2.24. The number of benzene rings is 1. The van der Waals surface area contributed by atoms with Gasteiger partial charge in [-0.2, -0.15) is 0 Å². The van der Waals surface area contributed by atoms with Crippen LogP contribution in [0.1, 0.15) is 25.8 Å². The van der Waals surface area contributed by atoms with Gasteiger partial charge in [0.15, 0.2) is 0 Å². The molecule has 1 atom stereocenters. The molecule has 1 aliphatic rings. The fourth-order valence-corrected chi connectivity index (χ4v) is 3.40. The molecular formula is C14H18IN3O. The zero-order valence-electron chi connectivity index (χ0n) is 11.0. The van der Waals surface area contributed by atoms with Crippen LogP contribution in [-0.4, -0.2) is 22.8 Å². The van der Waals surface area contributed by atoms with E-state index in [0.717, 1.165) is 37.1 Å². The van der Waals surface area contributed by atoms with E-state index in [9.17, 15) is 0 Å². The minimum atomic E-state index is 0.369. The van der Waals surface area contributed by atoms with E-state index >= 15 is 0 Å². The van der Waals surface area contributed by atoms with Crippen LogP contribution in [0.3, 0.4) is 0 Å². The first-order valence-electron chi connectivity index (χ1n) is 6.67. The molecule has 1 aromatic heterocycles. The van der Waals surface area contributed by atoms with Crippen molar-refractivity contribution < 1.29 is 4.74 Å². The summed E-state index contributed by atoms with van der Waals surface area (Å²) >= 11 is 2.30. The van der Waals surface area contributed by atoms with Gasteiger partial charge in [-0.3, -0.25) is 0 Å². The van der Waals surface area contributed by atoms with E-state index in [1.165, 1.54) is 3.57 Å². The average molecular weight is 371 g/mol. The molecule has 1 fully saturated rings. The van der Waals surface area contributed by atoms with Gasteiger partial charge in [-0.25, -0.2) is 4.98 Å². The zero-order chi connectivity index (χ0) is 13.4. The number of hydrogen-bond acceptors (Lipinski definition) is 3. The van der Waals surface area contributed by atoms with Crippen LogP contribution in [0, 0.1) is 9.49 Å². The van der Waals surface area contributed by atoms with Crippen LogP contribution in [-0.2, 0) is 4.74 Å². The second-order valence-corrected chi connectivity index (χ2v) is 6.41. The van der Waals surface area contributed by atoms with Crippen LogP contribution in [0.25, 0.3) is 11.0 Å². The highest BCUT2D eigenvalue weighted by atomic mass is 127. The maximum atomic E-state index is 6.13. The average Bonchev–Trinajstić information content (AvgIpc) is 2.74. The van der Waals surface area contributed by atoms with Crippen LogP contribution in [0.2, 0.25) is 0 Å². The molecule has 5 heteroatoms. The maximum Gasteiger partial charge on any atom is 0.201 e. The molecule has 1 saturated heterocycles. The maximum absolute atomic E-state index is 6.13. The van der Waals surface area contributed by atoms with Gasteiger partial charge in [0.25, 0.3) is 0 Å². The van der Waals surface area contributed by atoms with Crippen molar-refractivity contribution in [3.63, 3.8) is 0 Å². The van der Waals surface area contributed by atoms with E-state index in [-0.39, 0.29) is 0 Å². The zero-order valence-corrected chi connectivity index (χ0v) is 13.1. The van der Waals surface area contributed by atoms with Gasteiger partial charge in [0.2, 0.25) is 5.95 Å². The van der Waals surface area contributed by atoms with Crippen molar-refractivity contribution in [3.8, 4) is 0 Å². The van der Waals surface area contributed by atoms with Crippen molar-refractivity contribution >= 4 is 39.6 Å². The number of rotatable bonds is 2. The fraction of sp³-hybridized carbons (Fsp3) is 0.500. The minimum Gasteiger partial charge on any atom is -0.381 e. The third kappa shape index (κ3) is 2.45. The summed E-state index contributed by atoms with van der Waals surface area (Å²) in [7, 11) is 0. The second kappa shape index (κ2) is 5.28. The number of ether oxygens (including phenoxy) is 1. The van der Waals surface area contributed by atoms with Gasteiger partial charge in [0, 0.05) is 22.8 Å². The Labute approximate surface area is 126 Å². The van der Waals surface area contributed by atoms with Crippen LogP contribution in [0.5, 0.6) is 0 Å². The molecule has 1 unspecified atom stereocenters. The van der Waals surface area contributed by atoms with E-state index in [1.807, 2.05) is 0 Å². The quantitative estimate of drug-likeness (QED) is 0.825. The highest BCUT2D eigenvalue weighted by molar-refractivity contribution is 14.1. The lowest BCUT2D eigenvalue weighted by atomic mass is 9.92. The molecule has 2 N–H and O–H groups in total. The molecule has 1 aromatic carbocycles. The van der Waals surface area contributed by atoms with Crippen molar-refractivity contribution in [3.05, 3.63) is 21.8 Å². The topological polar surface area (TPSA) is 53.1 Å². The summed E-state index contributed by atoms with van der Waals surface area (Å²) in [5.74, 6) is 1.24. The van der Waals surface area contributed by atoms with Crippen molar-refractivity contribution in [1.82, 2.24) is 9.55 Å². The largest absolute Gasteiger partial charge is 0.381 e. The van der Waals surface area contributed by atoms with Crippen molar-refractivity contribution in [2.45, 2.75) is 25.8 Å². The van der Waals surface area contributed by atoms with E-state index in [0.29, 0.717) is 17.9 Å². The molecule has 0 radical (unpaired) electrons. The predicted molar refractivity (Wildman–Crippen MR) is 85.1 cm³/mol. The van der Waals surface area contributed by atoms with E-state index in [2.05, 4.69) is 57.3 Å². The van der Waals surface area contributed by atoms with Gasteiger partial charge < -0.3 is 15.0 Å². The Morgan fingerprint density at radius 2 is 2.16 bits per heavy atom. The van der Waals surface area contributed by atoms with Gasteiger partial charge in [-0.15, -0.1) is 0 Å². The van der Waals surface area contributed by atoms with E-state index < -0.39 is 0 Å². The van der Waals surface area contributed by atoms with Crippen LogP contribution >= 0.6 is 22.6 Å². The Hall–Kier alpha value is -0.820. The smallest absolute Gasteiger partial charge is 0.201 e.